The van der Waals surface area contributed by atoms with Crippen LogP contribution in [0.5, 0.6) is 0 Å². The zero-order chi connectivity index (χ0) is 43.4. The van der Waals surface area contributed by atoms with Crippen LogP contribution in [-0.4, -0.2) is 97.3 Å². The Morgan fingerprint density at radius 3 is 1.85 bits per heavy atom. The Labute approximate surface area is 347 Å². The monoisotopic (exact) mass is 844 g/mol. The number of benzene rings is 3. The van der Waals surface area contributed by atoms with Gasteiger partial charge in [-0.05, 0) is 0 Å². The first kappa shape index (κ1) is 44.9. The Morgan fingerprint density at radius 2 is 1.39 bits per heavy atom. The number of aryl methyl sites for hydroxylation is 1. The van der Waals surface area contributed by atoms with Gasteiger partial charge in [-0.25, -0.2) is 0 Å². The molecule has 0 bridgehead atoms. The number of esters is 1. The third kappa shape index (κ3) is 8.48. The number of aromatic amines is 1. The van der Waals surface area contributed by atoms with Gasteiger partial charge in [0.15, 0.2) is 0 Å². The number of Topliss-reactive ketones (excluding diaryl/α,β-unsaturated/α-hetero) is 1. The number of amides is 2. The quantitative estimate of drug-likeness (QED) is 0.0451. The summed E-state index contributed by atoms with van der Waals surface area (Å²) < 4.78 is 26.2. The molecule has 1 aliphatic heterocycles. The number of H-pyrrole nitrogens is 1. The minimum absolute atomic E-state index is 0.0106. The molecule has 15 heteroatoms. The van der Waals surface area contributed by atoms with E-state index in [-0.39, 0.29) is 41.9 Å². The van der Waals surface area contributed by atoms with Gasteiger partial charge in [-0.1, -0.05) is 0 Å². The fourth-order valence-corrected chi connectivity index (χ4v) is 15.0. The van der Waals surface area contributed by atoms with Gasteiger partial charge in [-0.15, -0.1) is 0 Å². The average molecular weight is 845 g/mol. The van der Waals surface area contributed by atoms with Gasteiger partial charge < -0.3 is 0 Å². The standard InChI is InChI=1S/C44H57N4O9PSi/c1-30-36(26-27-54-43(53)47(7)8)41(46-45-30)38(50)28-37-40(31(2)57-59(9,10)44(4,5)6)42(52)48(37)58(33-20-14-11-15-21-33,34-22-16-12-17-23-34,35-24-18-13-19-25-35)56-39(51)29-55-32(3)49/h11-25,31,37,40H,26-29H2,1-10H3,(H,45,46)/t31-,37-,40-/m1/s1. The van der Waals surface area contributed by atoms with E-state index in [1.165, 1.54) is 11.8 Å². The number of nitrogens with zero attached hydrogens (tertiary/aromatic N) is 3. The molecule has 3 atom stereocenters. The number of hydrogen-bond donors (Lipinski definition) is 1. The molecular formula is C44H57N4O9PSi. The normalized spacial score (nSPS) is 16.9. The van der Waals surface area contributed by atoms with Gasteiger partial charge in [-0.2, -0.15) is 0 Å². The van der Waals surface area contributed by atoms with Crippen LogP contribution in [0.2, 0.25) is 18.1 Å². The third-order valence-electron chi connectivity index (χ3n) is 11.5. The van der Waals surface area contributed by atoms with E-state index in [9.17, 15) is 19.2 Å². The molecule has 316 valence electrons. The summed E-state index contributed by atoms with van der Waals surface area (Å²) in [6.07, 6.45) is -1.17. The third-order valence-corrected chi connectivity index (χ3v) is 21.7. The maximum absolute atomic E-state index is 15.6. The summed E-state index contributed by atoms with van der Waals surface area (Å²) in [5.74, 6) is -3.13. The van der Waals surface area contributed by atoms with Gasteiger partial charge in [0, 0.05) is 0 Å². The van der Waals surface area contributed by atoms with Crippen molar-refractivity contribution >= 4 is 60.9 Å². The SMILES string of the molecule is CC(=O)OCC(=O)OP(c1ccccc1)(c1ccccc1)(c1ccccc1)N1C(=O)[C@H]([C@@H](C)O[Si](C)(C)C(C)(C)C)[C@H]1CC(=O)c1n[nH]c(C)c1CCOC(=O)N(C)C. The van der Waals surface area contributed by atoms with Crippen molar-refractivity contribution in [2.24, 2.45) is 5.92 Å². The first-order chi connectivity index (χ1) is 27.8. The molecule has 59 heavy (non-hydrogen) atoms. The molecule has 0 unspecified atom stereocenters. The van der Waals surface area contributed by atoms with E-state index in [2.05, 4.69) is 44.1 Å². The van der Waals surface area contributed by atoms with E-state index < -0.39 is 58.0 Å². The van der Waals surface area contributed by atoms with Crippen molar-refractivity contribution in [2.45, 2.75) is 84.7 Å². The Balaban J connectivity index is 1.78. The van der Waals surface area contributed by atoms with Gasteiger partial charge in [0.25, 0.3) is 0 Å². The molecule has 3 aromatic carbocycles. The number of nitrogens with one attached hydrogen (secondary N) is 1. The second-order valence-corrected chi connectivity index (χ2v) is 25.6. The molecule has 13 nitrogen and oxygen atoms in total. The van der Waals surface area contributed by atoms with Crippen molar-refractivity contribution in [3.63, 3.8) is 0 Å². The summed E-state index contributed by atoms with van der Waals surface area (Å²) >= 11 is 0. The van der Waals surface area contributed by atoms with Crippen molar-refractivity contribution in [3.8, 4) is 0 Å². The molecule has 1 fully saturated rings. The molecule has 0 aliphatic carbocycles. The number of ether oxygens (including phenoxy) is 2. The Bertz CT molecular complexity index is 2060. The Kier molecular flexibility index (Phi) is 13.4. The van der Waals surface area contributed by atoms with Crippen molar-refractivity contribution in [2.75, 3.05) is 27.3 Å². The van der Waals surface area contributed by atoms with E-state index in [4.69, 9.17) is 18.4 Å². The Morgan fingerprint density at radius 1 is 0.881 bits per heavy atom. The summed E-state index contributed by atoms with van der Waals surface area (Å²) in [5.41, 5.74) is 1.38. The second-order valence-electron chi connectivity index (χ2n) is 16.7. The van der Waals surface area contributed by atoms with Crippen LogP contribution in [0.25, 0.3) is 0 Å². The van der Waals surface area contributed by atoms with Crippen molar-refractivity contribution in [1.82, 2.24) is 19.8 Å². The zero-order valence-electron chi connectivity index (χ0n) is 35.7. The predicted molar refractivity (Wildman–Crippen MR) is 231 cm³/mol. The van der Waals surface area contributed by atoms with Crippen LogP contribution in [0.3, 0.4) is 0 Å². The molecule has 1 N–H and O–H groups in total. The van der Waals surface area contributed by atoms with Crippen LogP contribution in [0, 0.1) is 12.8 Å². The first-order valence-electron chi connectivity index (χ1n) is 19.7. The van der Waals surface area contributed by atoms with Gasteiger partial charge >= 0.3 is 349 Å². The van der Waals surface area contributed by atoms with Crippen LogP contribution in [0.4, 0.5) is 4.79 Å². The van der Waals surface area contributed by atoms with Crippen molar-refractivity contribution in [1.29, 1.82) is 0 Å². The summed E-state index contributed by atoms with van der Waals surface area (Å²) in [4.78, 5) is 70.5. The van der Waals surface area contributed by atoms with E-state index in [1.54, 1.807) is 25.7 Å². The molecular weight excluding hydrogens is 788 g/mol. The van der Waals surface area contributed by atoms with Crippen molar-refractivity contribution < 1.29 is 42.4 Å². The van der Waals surface area contributed by atoms with Gasteiger partial charge in [0.05, 0.1) is 0 Å². The van der Waals surface area contributed by atoms with Crippen molar-refractivity contribution in [3.05, 3.63) is 108 Å². The number of aromatic nitrogens is 2. The minimum atomic E-state index is -5.05. The van der Waals surface area contributed by atoms with Gasteiger partial charge in [-0.3, -0.25) is 0 Å². The summed E-state index contributed by atoms with van der Waals surface area (Å²) in [5, 5.41) is 8.73. The molecule has 4 aromatic rings. The van der Waals surface area contributed by atoms with Crippen LogP contribution in [-0.2, 0) is 39.2 Å². The topological polar surface area (TPSA) is 157 Å². The molecule has 1 aliphatic rings. The first-order valence-corrected chi connectivity index (χ1v) is 24.7. The molecule has 1 saturated heterocycles. The average Bonchev–Trinajstić information content (AvgIpc) is 3.56. The van der Waals surface area contributed by atoms with Gasteiger partial charge in [0.1, 0.15) is 0 Å². The summed E-state index contributed by atoms with van der Waals surface area (Å²) in [6, 6.07) is 26.5. The van der Waals surface area contributed by atoms with E-state index >= 15 is 4.79 Å². The van der Waals surface area contributed by atoms with Crippen LogP contribution >= 0.6 is 6.98 Å². The number of β-lactam (4-membered cyclic amide) rings is 1. The molecule has 5 rings (SSSR count). The molecule has 2 heterocycles. The molecule has 2 amide bonds. The second kappa shape index (κ2) is 17.6. The molecule has 0 saturated carbocycles. The summed E-state index contributed by atoms with van der Waals surface area (Å²) in [6.45, 7) is 9.69. The van der Waals surface area contributed by atoms with E-state index in [0.717, 1.165) is 0 Å². The van der Waals surface area contributed by atoms with Crippen LogP contribution < -0.4 is 15.9 Å². The summed E-state index contributed by atoms with van der Waals surface area (Å²) in [7, 11) is 0.690. The number of ketones is 1. The number of carbonyl (C=O) groups is 5. The molecule has 0 spiro atoms. The van der Waals surface area contributed by atoms with Crippen LogP contribution in [0.1, 0.15) is 62.8 Å². The fourth-order valence-electron chi connectivity index (χ4n) is 7.63. The number of rotatable bonds is 16. The number of carbonyl (C=O) groups excluding carboxylic acids is 5. The predicted octanol–water partition coefficient (Wildman–Crippen LogP) is 6.24. The molecule has 0 radical (unpaired) electrons. The maximum atomic E-state index is 15.6. The Hall–Kier alpha value is -5.17. The van der Waals surface area contributed by atoms with E-state index in [0.29, 0.717) is 27.2 Å². The number of hydrogen-bond acceptors (Lipinski definition) is 10. The zero-order valence-corrected chi connectivity index (χ0v) is 37.6. The fraction of sp³-hybridized carbons (Fsp3) is 0.409. The van der Waals surface area contributed by atoms with Crippen LogP contribution in [0.15, 0.2) is 91.0 Å². The van der Waals surface area contributed by atoms with Gasteiger partial charge in [0.2, 0.25) is 0 Å². The van der Waals surface area contributed by atoms with E-state index in [1.807, 2.05) is 97.9 Å². The molecule has 1 aromatic heterocycles.